The molecule has 150 valence electrons. The molecule has 2 aromatic carbocycles. The van der Waals surface area contributed by atoms with Gasteiger partial charge in [-0.15, -0.1) is 0 Å². The highest BCUT2D eigenvalue weighted by Gasteiger charge is 2.18. The zero-order valence-corrected chi connectivity index (χ0v) is 16.3. The van der Waals surface area contributed by atoms with E-state index in [4.69, 9.17) is 19.3 Å². The van der Waals surface area contributed by atoms with E-state index < -0.39 is 12.6 Å². The smallest absolute Gasteiger partial charge is 0.341 e. The summed E-state index contributed by atoms with van der Waals surface area (Å²) in [6.07, 6.45) is 0.830. The molecule has 1 N–H and O–H groups in total. The molecule has 0 heterocycles. The molecule has 0 aliphatic carbocycles. The zero-order valence-electron chi connectivity index (χ0n) is 16.3. The summed E-state index contributed by atoms with van der Waals surface area (Å²) in [7, 11) is 3.28. The van der Waals surface area contributed by atoms with Gasteiger partial charge in [-0.2, -0.15) is 0 Å². The lowest BCUT2D eigenvalue weighted by Gasteiger charge is -2.20. The Morgan fingerprint density at radius 3 is 2.32 bits per heavy atom. The summed E-state index contributed by atoms with van der Waals surface area (Å²) >= 11 is 0. The highest BCUT2D eigenvalue weighted by molar-refractivity contribution is 5.97. The first-order chi connectivity index (χ1) is 13.4. The van der Waals surface area contributed by atoms with E-state index in [1.165, 1.54) is 0 Å². The second kappa shape index (κ2) is 10.2. The lowest BCUT2D eigenvalue weighted by atomic mass is 10.1. The van der Waals surface area contributed by atoms with E-state index in [1.807, 2.05) is 6.92 Å². The fraction of sp³-hybridized carbons (Fsp3) is 0.333. The first kappa shape index (κ1) is 21.1. The minimum atomic E-state index is -1.03. The lowest BCUT2D eigenvalue weighted by molar-refractivity contribution is -0.139. The molecule has 0 spiro atoms. The van der Waals surface area contributed by atoms with Crippen molar-refractivity contribution < 1.29 is 28.9 Å². The van der Waals surface area contributed by atoms with Crippen LogP contribution in [-0.4, -0.2) is 49.3 Å². The van der Waals surface area contributed by atoms with E-state index in [0.717, 1.165) is 12.0 Å². The highest BCUT2D eigenvalue weighted by Crippen LogP contribution is 2.26. The molecule has 1 amide bonds. The maximum atomic E-state index is 12.9. The average molecular weight is 387 g/mol. The number of amides is 1. The van der Waals surface area contributed by atoms with Crippen molar-refractivity contribution in [3.63, 3.8) is 0 Å². The molecule has 7 heteroatoms. The fourth-order valence-corrected chi connectivity index (χ4v) is 2.53. The number of nitrogens with zero attached hydrogens (tertiary/aromatic N) is 1. The molecule has 0 aliphatic rings. The number of carboxylic acids is 1. The largest absolute Gasteiger partial charge is 0.497 e. The number of ether oxygens (including phenoxy) is 3. The third-order valence-corrected chi connectivity index (χ3v) is 3.93. The highest BCUT2D eigenvalue weighted by atomic mass is 16.5. The van der Waals surface area contributed by atoms with E-state index in [2.05, 4.69) is 0 Å². The maximum Gasteiger partial charge on any atom is 0.341 e. The summed E-state index contributed by atoms with van der Waals surface area (Å²) in [6.45, 7) is 2.50. The Morgan fingerprint density at radius 2 is 1.71 bits per heavy atom. The number of hydrogen-bond acceptors (Lipinski definition) is 5. The number of aliphatic carboxylic acids is 1. The van der Waals surface area contributed by atoms with Gasteiger partial charge < -0.3 is 24.2 Å². The molecule has 2 aromatic rings. The van der Waals surface area contributed by atoms with Gasteiger partial charge >= 0.3 is 5.97 Å². The number of carbonyl (C=O) groups excluding carboxylic acids is 1. The quantitative estimate of drug-likeness (QED) is 0.674. The lowest BCUT2D eigenvalue weighted by Crippen LogP contribution is -2.26. The molecule has 0 fully saturated rings. The van der Waals surface area contributed by atoms with Crippen LogP contribution < -0.4 is 14.2 Å². The Morgan fingerprint density at radius 1 is 1.04 bits per heavy atom. The van der Waals surface area contributed by atoms with Crippen molar-refractivity contribution in [2.75, 3.05) is 27.4 Å². The molecule has 7 nitrogen and oxygen atoms in total. The third kappa shape index (κ3) is 5.90. The van der Waals surface area contributed by atoms with Gasteiger partial charge in [0.05, 0.1) is 19.3 Å². The number of benzene rings is 2. The van der Waals surface area contributed by atoms with Crippen molar-refractivity contribution >= 4 is 11.9 Å². The summed E-state index contributed by atoms with van der Waals surface area (Å²) < 4.78 is 16.0. The number of methoxy groups -OCH3 is 1. The Hall–Kier alpha value is -3.22. The van der Waals surface area contributed by atoms with Crippen LogP contribution in [0.3, 0.4) is 0 Å². The number of carbonyl (C=O) groups is 2. The standard InChI is InChI=1S/C21H25NO6/c1-4-11-27-19-12-17(26-3)9-10-18(19)21(25)22(2)13-15-5-7-16(8-6-15)28-14-20(23)24/h5-10,12H,4,11,13-14H2,1-3H3,(H,23,24). The molecule has 0 unspecified atom stereocenters. The van der Waals surface area contributed by atoms with Crippen LogP contribution in [0.2, 0.25) is 0 Å². The molecule has 0 radical (unpaired) electrons. The summed E-state index contributed by atoms with van der Waals surface area (Å²) in [5.74, 6) is 0.387. The zero-order chi connectivity index (χ0) is 20.5. The summed E-state index contributed by atoms with van der Waals surface area (Å²) in [5, 5.41) is 8.64. The van der Waals surface area contributed by atoms with Gasteiger partial charge in [0.1, 0.15) is 17.2 Å². The Labute approximate surface area is 164 Å². The average Bonchev–Trinajstić information content (AvgIpc) is 2.70. The molecule has 0 atom stereocenters. The molecule has 0 aliphatic heterocycles. The second-order valence-corrected chi connectivity index (χ2v) is 6.20. The molecular weight excluding hydrogens is 362 g/mol. The first-order valence-corrected chi connectivity index (χ1v) is 8.94. The third-order valence-electron chi connectivity index (χ3n) is 3.93. The Kier molecular flexibility index (Phi) is 7.68. The fourth-order valence-electron chi connectivity index (χ4n) is 2.53. The molecule has 0 aromatic heterocycles. The topological polar surface area (TPSA) is 85.3 Å². The van der Waals surface area contributed by atoms with Gasteiger partial charge in [-0.25, -0.2) is 4.79 Å². The van der Waals surface area contributed by atoms with Gasteiger partial charge in [0.15, 0.2) is 6.61 Å². The molecule has 2 rings (SSSR count). The predicted octanol–water partition coefficient (Wildman–Crippen LogP) is 3.22. The van der Waals surface area contributed by atoms with Crippen LogP contribution in [0, 0.1) is 0 Å². The summed E-state index contributed by atoms with van der Waals surface area (Å²) in [6, 6.07) is 12.1. The minimum Gasteiger partial charge on any atom is -0.497 e. The minimum absolute atomic E-state index is 0.167. The predicted molar refractivity (Wildman–Crippen MR) is 104 cm³/mol. The van der Waals surface area contributed by atoms with Crippen molar-refractivity contribution in [3.8, 4) is 17.2 Å². The molecule has 0 saturated carbocycles. The molecular formula is C21H25NO6. The van der Waals surface area contributed by atoms with Crippen LogP contribution in [0.15, 0.2) is 42.5 Å². The van der Waals surface area contributed by atoms with Crippen LogP contribution in [0.25, 0.3) is 0 Å². The number of hydrogen-bond donors (Lipinski definition) is 1. The SMILES string of the molecule is CCCOc1cc(OC)ccc1C(=O)N(C)Cc1ccc(OCC(=O)O)cc1. The van der Waals surface area contributed by atoms with E-state index in [9.17, 15) is 9.59 Å². The van der Waals surface area contributed by atoms with Gasteiger partial charge in [0.2, 0.25) is 0 Å². The maximum absolute atomic E-state index is 12.9. The second-order valence-electron chi connectivity index (χ2n) is 6.20. The van der Waals surface area contributed by atoms with Gasteiger partial charge in [-0.3, -0.25) is 4.79 Å². The van der Waals surface area contributed by atoms with Crippen molar-refractivity contribution in [3.05, 3.63) is 53.6 Å². The van der Waals surface area contributed by atoms with E-state index in [-0.39, 0.29) is 5.91 Å². The summed E-state index contributed by atoms with van der Waals surface area (Å²) in [5.41, 5.74) is 1.36. The van der Waals surface area contributed by atoms with Crippen molar-refractivity contribution in [2.24, 2.45) is 0 Å². The summed E-state index contributed by atoms with van der Waals surface area (Å²) in [4.78, 5) is 25.0. The van der Waals surface area contributed by atoms with Gasteiger partial charge in [-0.1, -0.05) is 19.1 Å². The van der Waals surface area contributed by atoms with Crippen LogP contribution in [0.5, 0.6) is 17.2 Å². The monoisotopic (exact) mass is 387 g/mol. The van der Waals surface area contributed by atoms with Crippen LogP contribution >= 0.6 is 0 Å². The Bertz CT molecular complexity index is 803. The van der Waals surface area contributed by atoms with Gasteiger partial charge in [0, 0.05) is 19.7 Å². The van der Waals surface area contributed by atoms with Gasteiger partial charge in [0.25, 0.3) is 5.91 Å². The Balaban J connectivity index is 2.08. The van der Waals surface area contributed by atoms with E-state index >= 15 is 0 Å². The first-order valence-electron chi connectivity index (χ1n) is 8.94. The number of rotatable bonds is 10. The van der Waals surface area contributed by atoms with Crippen LogP contribution in [0.4, 0.5) is 0 Å². The van der Waals surface area contributed by atoms with Crippen LogP contribution in [-0.2, 0) is 11.3 Å². The number of carboxylic acid groups (broad SMARTS) is 1. The van der Waals surface area contributed by atoms with E-state index in [1.54, 1.807) is 61.5 Å². The molecule has 28 heavy (non-hydrogen) atoms. The van der Waals surface area contributed by atoms with Crippen LogP contribution in [0.1, 0.15) is 29.3 Å². The van der Waals surface area contributed by atoms with Crippen molar-refractivity contribution in [2.45, 2.75) is 19.9 Å². The van der Waals surface area contributed by atoms with Crippen molar-refractivity contribution in [1.29, 1.82) is 0 Å². The van der Waals surface area contributed by atoms with Gasteiger partial charge in [-0.05, 0) is 36.2 Å². The van der Waals surface area contributed by atoms with E-state index in [0.29, 0.717) is 36.0 Å². The molecule has 0 saturated heterocycles. The normalized spacial score (nSPS) is 10.2. The molecule has 0 bridgehead atoms. The van der Waals surface area contributed by atoms with Crippen molar-refractivity contribution in [1.82, 2.24) is 4.90 Å².